The van der Waals surface area contributed by atoms with Crippen LogP contribution in [0.15, 0.2) is 36.0 Å². The van der Waals surface area contributed by atoms with Crippen LogP contribution in [-0.4, -0.2) is 11.1 Å². The van der Waals surface area contributed by atoms with Crippen LogP contribution in [0.3, 0.4) is 0 Å². The van der Waals surface area contributed by atoms with Crippen molar-refractivity contribution in [3.63, 3.8) is 0 Å². The lowest BCUT2D eigenvalue weighted by Crippen LogP contribution is -1.96. The lowest BCUT2D eigenvalue weighted by molar-refractivity contribution is -0.131. The number of aliphatic carboxylic acids is 1. The maximum atomic E-state index is 9.25. The molecule has 0 aromatic rings. The van der Waals surface area contributed by atoms with E-state index in [4.69, 9.17) is 5.11 Å². The summed E-state index contributed by atoms with van der Waals surface area (Å²) in [6.45, 7) is 2.96. The zero-order chi connectivity index (χ0) is 18.2. The minimum Gasteiger partial charge on any atom is -0.478 e. The minimum absolute atomic E-state index is 0.833. The average molecular weight is 347 g/mol. The number of carboxylic acid groups (broad SMARTS) is 1. The van der Waals surface area contributed by atoms with Gasteiger partial charge in [-0.05, 0) is 62.5 Å². The van der Waals surface area contributed by atoms with E-state index in [0.29, 0.717) is 0 Å². The third-order valence-corrected chi connectivity index (χ3v) is 5.17. The van der Waals surface area contributed by atoms with E-state index >= 15 is 0 Å². The van der Waals surface area contributed by atoms with E-state index in [-0.39, 0.29) is 0 Å². The van der Waals surface area contributed by atoms with Crippen molar-refractivity contribution in [2.45, 2.75) is 103 Å². The van der Waals surface area contributed by atoms with Crippen molar-refractivity contribution < 1.29 is 9.90 Å². The Morgan fingerprint density at radius 1 is 0.720 bits per heavy atom. The quantitative estimate of drug-likeness (QED) is 0.530. The summed E-state index contributed by atoms with van der Waals surface area (Å²) in [5.74, 6) is -0.981. The van der Waals surface area contributed by atoms with Crippen molar-refractivity contribution >= 4 is 5.97 Å². The summed E-state index contributed by atoms with van der Waals surface area (Å²) in [5, 5.41) is 7.60. The van der Waals surface area contributed by atoms with Gasteiger partial charge in [-0.3, -0.25) is 0 Å². The average Bonchev–Trinajstić information content (AvgIpc) is 2.64. The third kappa shape index (κ3) is 11.8. The van der Waals surface area contributed by atoms with Gasteiger partial charge in [0.25, 0.3) is 0 Å². The molecule has 2 aliphatic rings. The maximum Gasteiger partial charge on any atom is 0.327 e. The van der Waals surface area contributed by atoms with E-state index in [2.05, 4.69) is 18.7 Å². The van der Waals surface area contributed by atoms with Crippen molar-refractivity contribution in [3.05, 3.63) is 36.0 Å². The van der Waals surface area contributed by atoms with Crippen molar-refractivity contribution in [1.82, 2.24) is 0 Å². The first kappa shape index (κ1) is 21.7. The van der Waals surface area contributed by atoms with Gasteiger partial charge in [0.2, 0.25) is 0 Å². The second-order valence-electron chi connectivity index (χ2n) is 7.32. The summed E-state index contributed by atoms with van der Waals surface area (Å²) in [4.78, 5) is 9.25. The molecule has 0 amide bonds. The molecule has 0 fully saturated rings. The van der Waals surface area contributed by atoms with Crippen molar-refractivity contribution in [3.8, 4) is 0 Å². The highest BCUT2D eigenvalue weighted by molar-refractivity contribution is 5.78. The number of allylic oxidation sites excluding steroid dienone is 4. The Labute approximate surface area is 155 Å². The fourth-order valence-electron chi connectivity index (χ4n) is 3.67. The van der Waals surface area contributed by atoms with Gasteiger partial charge in [-0.15, -0.1) is 0 Å². The summed E-state index contributed by atoms with van der Waals surface area (Å²) in [6, 6.07) is 0. The second kappa shape index (κ2) is 15.0. The number of carboxylic acids is 1. The molecule has 1 N–H and O–H groups in total. The smallest absolute Gasteiger partial charge is 0.327 e. The fourth-order valence-corrected chi connectivity index (χ4v) is 3.67. The molecular formula is C23H38O2. The van der Waals surface area contributed by atoms with Crippen LogP contribution < -0.4 is 0 Å². The molecule has 2 nitrogen and oxygen atoms in total. The fraction of sp³-hybridized carbons (Fsp3) is 0.696. The van der Waals surface area contributed by atoms with Crippen LogP contribution in [0, 0.1) is 0 Å². The Morgan fingerprint density at radius 3 is 1.40 bits per heavy atom. The van der Waals surface area contributed by atoms with Gasteiger partial charge in [0.1, 0.15) is 0 Å². The van der Waals surface area contributed by atoms with Crippen LogP contribution in [0.4, 0.5) is 0 Å². The first-order chi connectivity index (χ1) is 12.2. The Bertz CT molecular complexity index is 399. The molecule has 0 saturated carbocycles. The molecule has 142 valence electrons. The van der Waals surface area contributed by atoms with Crippen LogP contribution >= 0.6 is 0 Å². The van der Waals surface area contributed by atoms with Crippen LogP contribution in [-0.2, 0) is 4.79 Å². The lowest BCUT2D eigenvalue weighted by atomic mass is 9.90. The van der Waals surface area contributed by atoms with Gasteiger partial charge in [0.05, 0.1) is 0 Å². The van der Waals surface area contributed by atoms with Gasteiger partial charge >= 0.3 is 5.97 Å². The normalized spacial score (nSPS) is 20.8. The Kier molecular flexibility index (Phi) is 13.0. The molecule has 0 aliphatic heterocycles. The van der Waals surface area contributed by atoms with Crippen LogP contribution in [0.25, 0.3) is 0 Å². The number of hydrogen-bond donors (Lipinski definition) is 1. The molecule has 0 unspecified atom stereocenters. The van der Waals surface area contributed by atoms with E-state index in [1.807, 2.05) is 0 Å². The van der Waals surface area contributed by atoms with Gasteiger partial charge in [-0.1, -0.05) is 70.1 Å². The molecule has 0 saturated heterocycles. The number of hydrogen-bond acceptors (Lipinski definition) is 1. The van der Waals surface area contributed by atoms with Crippen molar-refractivity contribution in [2.75, 3.05) is 0 Å². The summed E-state index contributed by atoms with van der Waals surface area (Å²) in [6.07, 6.45) is 28.7. The zero-order valence-corrected chi connectivity index (χ0v) is 16.1. The molecule has 2 aliphatic carbocycles. The van der Waals surface area contributed by atoms with Gasteiger partial charge < -0.3 is 5.11 Å². The summed E-state index contributed by atoms with van der Waals surface area (Å²) >= 11 is 0. The van der Waals surface area contributed by atoms with Crippen molar-refractivity contribution in [2.24, 2.45) is 0 Å². The highest BCUT2D eigenvalue weighted by atomic mass is 16.4. The molecular weight excluding hydrogens is 308 g/mol. The highest BCUT2D eigenvalue weighted by Gasteiger charge is 2.08. The van der Waals surface area contributed by atoms with Gasteiger partial charge in [-0.2, -0.15) is 0 Å². The van der Waals surface area contributed by atoms with Crippen LogP contribution in [0.5, 0.6) is 0 Å². The lowest BCUT2D eigenvalue weighted by Gasteiger charge is -2.16. The van der Waals surface area contributed by atoms with E-state index in [1.165, 1.54) is 103 Å². The van der Waals surface area contributed by atoms with Gasteiger partial charge in [0.15, 0.2) is 0 Å². The molecule has 2 rings (SSSR count). The third-order valence-electron chi connectivity index (χ3n) is 5.17. The largest absolute Gasteiger partial charge is 0.478 e. The summed E-state index contributed by atoms with van der Waals surface area (Å²) in [7, 11) is 0. The molecule has 0 aromatic heterocycles. The van der Waals surface area contributed by atoms with E-state index in [0.717, 1.165) is 6.08 Å². The molecule has 25 heavy (non-hydrogen) atoms. The van der Waals surface area contributed by atoms with E-state index in [9.17, 15) is 4.79 Å². The van der Waals surface area contributed by atoms with Crippen LogP contribution in [0.2, 0.25) is 0 Å². The predicted octanol–water partition coefficient (Wildman–Crippen LogP) is 7.37. The second-order valence-corrected chi connectivity index (χ2v) is 7.32. The Hall–Kier alpha value is -1.31. The summed E-state index contributed by atoms with van der Waals surface area (Å²) in [5.41, 5.74) is 3.46. The molecule has 0 heterocycles. The molecule has 0 aromatic carbocycles. The predicted molar refractivity (Wildman–Crippen MR) is 108 cm³/mol. The van der Waals surface area contributed by atoms with Gasteiger partial charge in [0, 0.05) is 6.08 Å². The highest BCUT2D eigenvalue weighted by Crippen LogP contribution is 2.27. The molecule has 0 bridgehead atoms. The molecule has 0 spiro atoms. The Morgan fingerprint density at radius 2 is 1.04 bits per heavy atom. The molecule has 0 atom stereocenters. The standard InChI is InChI=1S/C20H34.C3H4O2/c1-3-7-11-15-19(16-12-8-4-1)20-17-13-9-5-2-6-10-14-18-20;1-2-3(4)5/h15,17H,1-14,16,18H2;2H,1H2,(H,4,5). The number of carbonyl (C=O) groups is 1. The van der Waals surface area contributed by atoms with Crippen LogP contribution in [0.1, 0.15) is 103 Å². The Balaban J connectivity index is 0.000000550. The first-order valence-electron chi connectivity index (χ1n) is 10.5. The first-order valence-corrected chi connectivity index (χ1v) is 10.5. The molecule has 0 radical (unpaired) electrons. The SMILES string of the molecule is C1=C(C2=CCCCCCCCC2)CCCCCCCC1.C=CC(=O)O. The monoisotopic (exact) mass is 346 g/mol. The number of rotatable bonds is 2. The minimum atomic E-state index is -0.981. The summed E-state index contributed by atoms with van der Waals surface area (Å²) < 4.78 is 0. The van der Waals surface area contributed by atoms with Crippen molar-refractivity contribution in [1.29, 1.82) is 0 Å². The maximum absolute atomic E-state index is 9.25. The van der Waals surface area contributed by atoms with E-state index in [1.54, 1.807) is 11.1 Å². The van der Waals surface area contributed by atoms with Gasteiger partial charge in [-0.25, -0.2) is 4.79 Å². The topological polar surface area (TPSA) is 37.3 Å². The molecule has 2 heteroatoms. The van der Waals surface area contributed by atoms with E-state index < -0.39 is 5.97 Å². The zero-order valence-electron chi connectivity index (χ0n) is 16.1.